The fourth-order valence-corrected chi connectivity index (χ4v) is 2.64. The predicted molar refractivity (Wildman–Crippen MR) is 96.9 cm³/mol. The fraction of sp³-hybridized carbons (Fsp3) is 0.471. The Labute approximate surface area is 156 Å². The lowest BCUT2D eigenvalue weighted by Gasteiger charge is -2.21. The molecule has 0 saturated carbocycles. The topological polar surface area (TPSA) is 81.7 Å². The quantitative estimate of drug-likeness (QED) is 0.545. The van der Waals surface area contributed by atoms with Crippen molar-refractivity contribution in [3.05, 3.63) is 28.8 Å². The summed E-state index contributed by atoms with van der Waals surface area (Å²) in [6, 6.07) is 4.19. The number of carbonyl (C=O) groups excluding carboxylic acids is 3. The second-order valence-electron chi connectivity index (χ2n) is 5.38. The zero-order chi connectivity index (χ0) is 19.0. The van der Waals surface area contributed by atoms with E-state index in [1.807, 2.05) is 20.1 Å². The van der Waals surface area contributed by atoms with Gasteiger partial charge in [-0.05, 0) is 30.4 Å². The summed E-state index contributed by atoms with van der Waals surface area (Å²) in [4.78, 5) is 36.7. The van der Waals surface area contributed by atoms with Crippen LogP contribution in [0.4, 0.5) is 0 Å². The van der Waals surface area contributed by atoms with Crippen molar-refractivity contribution in [2.45, 2.75) is 31.2 Å². The van der Waals surface area contributed by atoms with Gasteiger partial charge in [0.05, 0.1) is 17.7 Å². The highest BCUT2D eigenvalue weighted by Gasteiger charge is 2.27. The molecule has 0 aliphatic carbocycles. The van der Waals surface area contributed by atoms with Crippen LogP contribution in [-0.2, 0) is 19.1 Å². The third kappa shape index (κ3) is 6.25. The molecular formula is C17H22ClNO5S. The largest absolute Gasteiger partial charge is 0.467 e. The highest BCUT2D eigenvalue weighted by atomic mass is 35.5. The molecule has 0 fully saturated rings. The van der Waals surface area contributed by atoms with Gasteiger partial charge >= 0.3 is 11.9 Å². The average molecular weight is 388 g/mol. The van der Waals surface area contributed by atoms with E-state index in [4.69, 9.17) is 21.1 Å². The smallest absolute Gasteiger partial charge is 0.340 e. The minimum absolute atomic E-state index is 0.111. The maximum atomic E-state index is 12.1. The Morgan fingerprint density at radius 1 is 1.32 bits per heavy atom. The van der Waals surface area contributed by atoms with E-state index in [2.05, 4.69) is 5.32 Å². The zero-order valence-electron chi connectivity index (χ0n) is 14.6. The summed E-state index contributed by atoms with van der Waals surface area (Å²) in [6.07, 6.45) is 2.55. The molecule has 0 aromatic heterocycles. The number of ether oxygens (including phenoxy) is 2. The molecule has 138 valence electrons. The molecule has 0 radical (unpaired) electrons. The normalized spacial score (nSPS) is 12.8. The lowest BCUT2D eigenvalue weighted by atomic mass is 9.99. The van der Waals surface area contributed by atoms with Gasteiger partial charge in [0.15, 0.2) is 6.61 Å². The third-order valence-electron chi connectivity index (χ3n) is 3.71. The van der Waals surface area contributed by atoms with Gasteiger partial charge in [0, 0.05) is 4.90 Å². The SMILES string of the molecule is CC[C@@H](C)[C@@H](NC(=O)COC(=O)c1cc(SC)ccc1Cl)C(=O)OC. The molecule has 2 atom stereocenters. The van der Waals surface area contributed by atoms with Crippen molar-refractivity contribution in [2.24, 2.45) is 5.92 Å². The van der Waals surface area contributed by atoms with Crippen LogP contribution in [-0.4, -0.2) is 43.9 Å². The molecule has 1 aromatic carbocycles. The maximum Gasteiger partial charge on any atom is 0.340 e. The van der Waals surface area contributed by atoms with Crippen molar-refractivity contribution in [3.63, 3.8) is 0 Å². The van der Waals surface area contributed by atoms with E-state index >= 15 is 0 Å². The van der Waals surface area contributed by atoms with Crippen LogP contribution in [0.15, 0.2) is 23.1 Å². The van der Waals surface area contributed by atoms with Gasteiger partial charge in [-0.3, -0.25) is 4.79 Å². The first-order valence-corrected chi connectivity index (χ1v) is 9.32. The van der Waals surface area contributed by atoms with Gasteiger partial charge < -0.3 is 14.8 Å². The molecule has 0 spiro atoms. The fourth-order valence-electron chi connectivity index (χ4n) is 2.01. The Balaban J connectivity index is 2.69. The summed E-state index contributed by atoms with van der Waals surface area (Å²) in [7, 11) is 1.25. The van der Waals surface area contributed by atoms with Gasteiger partial charge in [-0.15, -0.1) is 11.8 Å². The second-order valence-corrected chi connectivity index (χ2v) is 6.66. The van der Waals surface area contributed by atoms with Crippen molar-refractivity contribution in [1.29, 1.82) is 0 Å². The van der Waals surface area contributed by atoms with Crippen LogP contribution in [0, 0.1) is 5.92 Å². The Kier molecular flexibility index (Phi) is 8.78. The van der Waals surface area contributed by atoms with Crippen LogP contribution < -0.4 is 5.32 Å². The van der Waals surface area contributed by atoms with Crippen molar-refractivity contribution >= 4 is 41.2 Å². The summed E-state index contributed by atoms with van der Waals surface area (Å²) in [5, 5.41) is 2.78. The van der Waals surface area contributed by atoms with E-state index < -0.39 is 30.5 Å². The molecule has 0 aliphatic heterocycles. The van der Waals surface area contributed by atoms with Crippen LogP contribution in [0.25, 0.3) is 0 Å². The molecule has 0 bridgehead atoms. The predicted octanol–water partition coefficient (Wildman–Crippen LogP) is 2.92. The first kappa shape index (κ1) is 21.3. The molecule has 8 heteroatoms. The average Bonchev–Trinajstić information content (AvgIpc) is 2.63. The number of nitrogens with one attached hydrogen (secondary N) is 1. The van der Waals surface area contributed by atoms with E-state index in [0.717, 1.165) is 4.90 Å². The third-order valence-corrected chi connectivity index (χ3v) is 4.77. The Morgan fingerprint density at radius 2 is 2.00 bits per heavy atom. The van der Waals surface area contributed by atoms with Crippen molar-refractivity contribution in [3.8, 4) is 0 Å². The van der Waals surface area contributed by atoms with Gasteiger partial charge in [0.25, 0.3) is 5.91 Å². The molecule has 6 nitrogen and oxygen atoms in total. The van der Waals surface area contributed by atoms with Crippen LogP contribution in [0.5, 0.6) is 0 Å². The van der Waals surface area contributed by atoms with Gasteiger partial charge in [-0.25, -0.2) is 9.59 Å². The summed E-state index contributed by atoms with van der Waals surface area (Å²) >= 11 is 7.45. The van der Waals surface area contributed by atoms with Crippen LogP contribution in [0.2, 0.25) is 5.02 Å². The highest BCUT2D eigenvalue weighted by molar-refractivity contribution is 7.98. The summed E-state index contributed by atoms with van der Waals surface area (Å²) < 4.78 is 9.69. The van der Waals surface area contributed by atoms with Crippen molar-refractivity contribution in [1.82, 2.24) is 5.32 Å². The van der Waals surface area contributed by atoms with Crippen LogP contribution >= 0.6 is 23.4 Å². The number of halogens is 1. The number of methoxy groups -OCH3 is 1. The van der Waals surface area contributed by atoms with E-state index in [1.54, 1.807) is 18.2 Å². The lowest BCUT2D eigenvalue weighted by molar-refractivity contribution is -0.147. The number of carbonyl (C=O) groups is 3. The maximum absolute atomic E-state index is 12.1. The monoisotopic (exact) mass is 387 g/mol. The first-order chi connectivity index (χ1) is 11.8. The van der Waals surface area contributed by atoms with E-state index in [1.165, 1.54) is 18.9 Å². The van der Waals surface area contributed by atoms with Crippen LogP contribution in [0.3, 0.4) is 0 Å². The van der Waals surface area contributed by atoms with Gasteiger partial charge in [-0.1, -0.05) is 31.9 Å². The first-order valence-electron chi connectivity index (χ1n) is 7.71. The lowest BCUT2D eigenvalue weighted by Crippen LogP contribution is -2.47. The number of thioether (sulfide) groups is 1. The number of rotatable bonds is 8. The van der Waals surface area contributed by atoms with E-state index in [-0.39, 0.29) is 16.5 Å². The number of hydrogen-bond acceptors (Lipinski definition) is 6. The molecule has 0 unspecified atom stereocenters. The summed E-state index contributed by atoms with van der Waals surface area (Å²) in [5.41, 5.74) is 0.188. The Bertz CT molecular complexity index is 637. The number of esters is 2. The molecule has 0 aliphatic rings. The number of hydrogen-bond donors (Lipinski definition) is 1. The minimum atomic E-state index is -0.787. The van der Waals surface area contributed by atoms with Crippen molar-refractivity contribution < 1.29 is 23.9 Å². The highest BCUT2D eigenvalue weighted by Crippen LogP contribution is 2.23. The molecule has 1 rings (SSSR count). The second kappa shape index (κ2) is 10.3. The minimum Gasteiger partial charge on any atom is -0.467 e. The summed E-state index contributed by atoms with van der Waals surface area (Å²) in [6.45, 7) is 3.21. The van der Waals surface area contributed by atoms with E-state index in [9.17, 15) is 14.4 Å². The summed E-state index contributed by atoms with van der Waals surface area (Å²) in [5.74, 6) is -1.93. The molecular weight excluding hydrogens is 366 g/mol. The van der Waals surface area contributed by atoms with E-state index in [0.29, 0.717) is 6.42 Å². The van der Waals surface area contributed by atoms with Crippen molar-refractivity contribution in [2.75, 3.05) is 20.0 Å². The molecule has 1 N–H and O–H groups in total. The van der Waals surface area contributed by atoms with Gasteiger partial charge in [0.1, 0.15) is 6.04 Å². The molecule has 1 aromatic rings. The van der Waals surface area contributed by atoms with Crippen LogP contribution in [0.1, 0.15) is 30.6 Å². The Morgan fingerprint density at radius 3 is 2.56 bits per heavy atom. The standard InChI is InChI=1S/C17H22ClNO5S/c1-5-10(2)15(17(22)23-3)19-14(20)9-24-16(21)12-8-11(25-4)6-7-13(12)18/h6-8,10,15H,5,9H2,1-4H3,(H,19,20)/t10-,15-/m1/s1. The molecule has 25 heavy (non-hydrogen) atoms. The number of benzene rings is 1. The Hall–Kier alpha value is -1.73. The molecule has 1 amide bonds. The van der Waals surface area contributed by atoms with Gasteiger partial charge in [-0.2, -0.15) is 0 Å². The molecule has 0 heterocycles. The zero-order valence-corrected chi connectivity index (χ0v) is 16.2. The van der Waals surface area contributed by atoms with Gasteiger partial charge in [0.2, 0.25) is 0 Å². The number of amides is 1. The molecule has 0 saturated heterocycles.